The molecule has 0 aliphatic carbocycles. The first-order chi connectivity index (χ1) is 20.3. The van der Waals surface area contributed by atoms with Gasteiger partial charge in [-0.25, -0.2) is 0 Å². The molecule has 0 atom stereocenters. The van der Waals surface area contributed by atoms with E-state index < -0.39 is 0 Å². The summed E-state index contributed by atoms with van der Waals surface area (Å²) >= 11 is 0. The summed E-state index contributed by atoms with van der Waals surface area (Å²) in [6, 6.07) is 36.8. The van der Waals surface area contributed by atoms with Crippen LogP contribution in [0.1, 0.15) is 58.2 Å². The van der Waals surface area contributed by atoms with Gasteiger partial charge in [-0.15, -0.1) is 0 Å². The Labute approximate surface area is 253 Å². The van der Waals surface area contributed by atoms with Crippen molar-refractivity contribution in [3.05, 3.63) is 150 Å². The fourth-order valence-corrected chi connectivity index (χ4v) is 5.30. The van der Waals surface area contributed by atoms with Gasteiger partial charge in [-0.1, -0.05) is 85.2 Å². The summed E-state index contributed by atoms with van der Waals surface area (Å²) in [6.45, 7) is 17.3. The van der Waals surface area contributed by atoms with Crippen LogP contribution in [0.5, 0.6) is 0 Å². The van der Waals surface area contributed by atoms with Crippen LogP contribution in [0.25, 0.3) is 16.8 Å². The second kappa shape index (κ2) is 14.2. The van der Waals surface area contributed by atoms with Gasteiger partial charge in [0.1, 0.15) is 0 Å². The van der Waals surface area contributed by atoms with Crippen molar-refractivity contribution in [1.82, 2.24) is 4.90 Å². The number of para-hydroxylation sites is 1. The van der Waals surface area contributed by atoms with Gasteiger partial charge in [-0.3, -0.25) is 0 Å². The normalized spacial score (nSPS) is 11.5. The molecule has 4 rings (SSSR count). The first-order valence-electron chi connectivity index (χ1n) is 14.8. The third-order valence-electron chi connectivity index (χ3n) is 7.24. The molecule has 0 spiro atoms. The maximum atomic E-state index is 4.38. The van der Waals surface area contributed by atoms with Gasteiger partial charge in [0, 0.05) is 46.0 Å². The monoisotopic (exact) mass is 550 g/mol. The van der Waals surface area contributed by atoms with Crippen LogP contribution in [0.15, 0.2) is 134 Å². The second-order valence-corrected chi connectivity index (χ2v) is 10.9. The first-order valence-corrected chi connectivity index (χ1v) is 14.8. The molecule has 0 radical (unpaired) electrons. The van der Waals surface area contributed by atoms with E-state index in [1.807, 2.05) is 13.0 Å². The van der Waals surface area contributed by atoms with Crippen molar-refractivity contribution in [2.75, 3.05) is 4.90 Å². The van der Waals surface area contributed by atoms with E-state index >= 15 is 0 Å². The maximum absolute atomic E-state index is 4.38. The number of benzene rings is 4. The van der Waals surface area contributed by atoms with Crippen molar-refractivity contribution < 1.29 is 0 Å². The summed E-state index contributed by atoms with van der Waals surface area (Å²) in [7, 11) is 0. The van der Waals surface area contributed by atoms with E-state index in [0.717, 1.165) is 39.5 Å². The van der Waals surface area contributed by atoms with Gasteiger partial charge >= 0.3 is 0 Å². The molecule has 0 heterocycles. The molecule has 2 heteroatoms. The van der Waals surface area contributed by atoms with E-state index in [1.54, 1.807) is 0 Å². The van der Waals surface area contributed by atoms with Gasteiger partial charge in [-0.05, 0) is 113 Å². The Bertz CT molecular complexity index is 1570. The number of allylic oxidation sites excluding steroid dienone is 3. The van der Waals surface area contributed by atoms with Gasteiger partial charge < -0.3 is 9.80 Å². The van der Waals surface area contributed by atoms with Crippen molar-refractivity contribution in [2.45, 2.75) is 53.6 Å². The van der Waals surface area contributed by atoms with Gasteiger partial charge in [0.05, 0.1) is 0 Å². The van der Waals surface area contributed by atoms with Crippen LogP contribution in [-0.2, 0) is 0 Å². The predicted octanol–water partition coefficient (Wildman–Crippen LogP) is 10.5. The molecule has 0 aromatic heterocycles. The Morgan fingerprint density at radius 2 is 1.12 bits per heavy atom. The van der Waals surface area contributed by atoms with Crippen molar-refractivity contribution in [3.8, 4) is 23.0 Å². The minimum atomic E-state index is 0.405. The summed E-state index contributed by atoms with van der Waals surface area (Å²) in [5.74, 6) is 6.66. The van der Waals surface area contributed by atoms with Crippen LogP contribution in [0, 0.1) is 11.8 Å². The van der Waals surface area contributed by atoms with E-state index in [0.29, 0.717) is 12.1 Å². The van der Waals surface area contributed by atoms with E-state index in [-0.39, 0.29) is 0 Å². The quantitative estimate of drug-likeness (QED) is 0.151. The summed E-state index contributed by atoms with van der Waals surface area (Å²) in [5.41, 5.74) is 9.90. The lowest BCUT2D eigenvalue weighted by atomic mass is 10.0. The Morgan fingerprint density at radius 1 is 0.643 bits per heavy atom. The predicted molar refractivity (Wildman–Crippen MR) is 183 cm³/mol. The maximum Gasteiger partial charge on any atom is 0.0462 e. The number of anilines is 2. The molecule has 212 valence electrons. The molecule has 4 aromatic rings. The Hall–Kier alpha value is -4.74. The molecule has 0 amide bonds. The fraction of sp³-hybridized carbons (Fsp3) is 0.200. The molecule has 0 aliphatic rings. The summed E-state index contributed by atoms with van der Waals surface area (Å²) in [6.07, 6.45) is 6.32. The summed E-state index contributed by atoms with van der Waals surface area (Å²) < 4.78 is 0. The average molecular weight is 551 g/mol. The molecule has 0 saturated carbocycles. The minimum absolute atomic E-state index is 0.405. The van der Waals surface area contributed by atoms with Crippen LogP contribution >= 0.6 is 0 Å². The van der Waals surface area contributed by atoms with Crippen molar-refractivity contribution in [3.63, 3.8) is 0 Å². The SMILES string of the molecule is C=C(c1ccc(-c2ccc(C#Cc3ccc(N(C(/C=C\C)=C/C)c4ccccc4)cc3)cc2)cc1)N(C(C)C)C(C)C. The minimum Gasteiger partial charge on any atom is -0.367 e. The smallest absolute Gasteiger partial charge is 0.0462 e. The highest BCUT2D eigenvalue weighted by atomic mass is 15.2. The Balaban J connectivity index is 1.48. The second-order valence-electron chi connectivity index (χ2n) is 10.9. The third-order valence-corrected chi connectivity index (χ3v) is 7.24. The van der Waals surface area contributed by atoms with E-state index in [9.17, 15) is 0 Å². The lowest BCUT2D eigenvalue weighted by Gasteiger charge is -2.34. The number of rotatable bonds is 9. The lowest BCUT2D eigenvalue weighted by Crippen LogP contribution is -2.35. The summed E-state index contributed by atoms with van der Waals surface area (Å²) in [5, 5.41) is 0. The van der Waals surface area contributed by atoms with Crippen molar-refractivity contribution >= 4 is 17.1 Å². The zero-order valence-corrected chi connectivity index (χ0v) is 25.8. The molecule has 2 nitrogen and oxygen atoms in total. The topological polar surface area (TPSA) is 6.48 Å². The highest BCUT2D eigenvalue weighted by Gasteiger charge is 2.16. The molecule has 0 N–H and O–H groups in total. The van der Waals surface area contributed by atoms with Gasteiger partial charge in [0.2, 0.25) is 0 Å². The number of hydrogen-bond donors (Lipinski definition) is 0. The zero-order chi connectivity index (χ0) is 30.1. The van der Waals surface area contributed by atoms with E-state index in [4.69, 9.17) is 0 Å². The van der Waals surface area contributed by atoms with E-state index in [2.05, 4.69) is 178 Å². The van der Waals surface area contributed by atoms with Crippen LogP contribution in [-0.4, -0.2) is 17.0 Å². The third kappa shape index (κ3) is 7.31. The molecule has 0 saturated heterocycles. The van der Waals surface area contributed by atoms with Gasteiger partial charge in [0.25, 0.3) is 0 Å². The van der Waals surface area contributed by atoms with Crippen LogP contribution in [0.4, 0.5) is 11.4 Å². The number of nitrogens with zero attached hydrogens (tertiary/aromatic N) is 2. The Morgan fingerprint density at radius 3 is 1.60 bits per heavy atom. The summed E-state index contributed by atoms with van der Waals surface area (Å²) in [4.78, 5) is 4.61. The molecule has 0 unspecified atom stereocenters. The molecule has 0 bridgehead atoms. The molecular formula is C40H42N2. The average Bonchev–Trinajstić information content (AvgIpc) is 3.01. The van der Waals surface area contributed by atoms with Crippen LogP contribution in [0.2, 0.25) is 0 Å². The molecule has 4 aromatic carbocycles. The molecular weight excluding hydrogens is 508 g/mol. The van der Waals surface area contributed by atoms with Crippen molar-refractivity contribution in [2.24, 2.45) is 0 Å². The fourth-order valence-electron chi connectivity index (χ4n) is 5.30. The lowest BCUT2D eigenvalue weighted by molar-refractivity contribution is 0.275. The molecule has 0 aliphatic heterocycles. The van der Waals surface area contributed by atoms with Gasteiger partial charge in [0.15, 0.2) is 0 Å². The number of hydrogen-bond acceptors (Lipinski definition) is 2. The highest BCUT2D eigenvalue weighted by Crippen LogP contribution is 2.31. The van der Waals surface area contributed by atoms with Gasteiger partial charge in [-0.2, -0.15) is 0 Å². The molecule has 0 fully saturated rings. The Kier molecular flexibility index (Phi) is 10.2. The largest absolute Gasteiger partial charge is 0.367 e. The first kappa shape index (κ1) is 30.2. The standard InChI is InChI=1S/C40H42N2/c1-8-13-38(9-2)42(39-14-11-10-12-15-39)40-28-20-34(21-29-40)17-16-33-18-22-36(23-19-33)37-26-24-35(25-27-37)32(7)41(30(3)4)31(5)6/h8-15,18-31H,7H2,1-6H3/b13-8-,38-9+. The van der Waals surface area contributed by atoms with Crippen LogP contribution < -0.4 is 4.90 Å². The highest BCUT2D eigenvalue weighted by molar-refractivity contribution is 5.71. The van der Waals surface area contributed by atoms with E-state index in [1.165, 1.54) is 11.1 Å². The molecule has 42 heavy (non-hydrogen) atoms. The van der Waals surface area contributed by atoms with Crippen molar-refractivity contribution in [1.29, 1.82) is 0 Å². The zero-order valence-electron chi connectivity index (χ0n) is 25.8. The van der Waals surface area contributed by atoms with Crippen LogP contribution in [0.3, 0.4) is 0 Å².